The van der Waals surface area contributed by atoms with E-state index in [9.17, 15) is 13.2 Å². The molecule has 1 aliphatic heterocycles. The molecule has 2 nitrogen and oxygen atoms in total. The second-order valence-corrected chi connectivity index (χ2v) is 7.35. The third-order valence-electron chi connectivity index (χ3n) is 5.89. The molecule has 3 aliphatic carbocycles. The second-order valence-electron chi connectivity index (χ2n) is 7.35. The van der Waals surface area contributed by atoms with E-state index in [1.165, 1.54) is 0 Å². The minimum atomic E-state index is -4.00. The quantitative estimate of drug-likeness (QED) is 0.768. The molecule has 20 heavy (non-hydrogen) atoms. The molecule has 116 valence electrons. The SMILES string of the molecule is CCC(N1C[C@H](C)[N-]C[C@H]1C)C12CC(C(F)(F)F)(C1)C2. The molecule has 0 aromatic heterocycles. The molecule has 4 fully saturated rings. The van der Waals surface area contributed by atoms with E-state index in [0.29, 0.717) is 37.4 Å². The van der Waals surface area contributed by atoms with Crippen LogP contribution in [0.3, 0.4) is 0 Å². The lowest BCUT2D eigenvalue weighted by atomic mass is 9.32. The Morgan fingerprint density at radius 1 is 1.25 bits per heavy atom. The van der Waals surface area contributed by atoms with Gasteiger partial charge in [0.1, 0.15) is 0 Å². The summed E-state index contributed by atoms with van der Waals surface area (Å²) in [6, 6.07) is 0.982. The van der Waals surface area contributed by atoms with Gasteiger partial charge in [-0.2, -0.15) is 13.2 Å². The summed E-state index contributed by atoms with van der Waals surface area (Å²) < 4.78 is 39.0. The highest BCUT2D eigenvalue weighted by molar-refractivity contribution is 5.24. The number of alkyl halides is 3. The van der Waals surface area contributed by atoms with Crippen LogP contribution in [0.25, 0.3) is 5.32 Å². The highest BCUT2D eigenvalue weighted by Gasteiger charge is 2.80. The fraction of sp³-hybridized carbons (Fsp3) is 1.00. The number of rotatable bonds is 3. The molecule has 0 aromatic rings. The van der Waals surface area contributed by atoms with Crippen molar-refractivity contribution < 1.29 is 13.2 Å². The summed E-state index contributed by atoms with van der Waals surface area (Å²) in [7, 11) is 0. The van der Waals surface area contributed by atoms with E-state index >= 15 is 0 Å². The Labute approximate surface area is 119 Å². The molecule has 2 bridgehead atoms. The van der Waals surface area contributed by atoms with E-state index in [0.717, 1.165) is 19.5 Å². The van der Waals surface area contributed by atoms with Gasteiger partial charge in [-0.3, -0.25) is 0 Å². The van der Waals surface area contributed by atoms with Gasteiger partial charge in [0.05, 0.1) is 5.41 Å². The topological polar surface area (TPSA) is 17.3 Å². The van der Waals surface area contributed by atoms with E-state index in [2.05, 4.69) is 31.0 Å². The summed E-state index contributed by atoms with van der Waals surface area (Å²) in [5.74, 6) is 0. The maximum atomic E-state index is 13.0. The van der Waals surface area contributed by atoms with Crippen molar-refractivity contribution >= 4 is 0 Å². The van der Waals surface area contributed by atoms with Gasteiger partial charge in [0.2, 0.25) is 0 Å². The molecule has 0 N–H and O–H groups in total. The lowest BCUT2D eigenvalue weighted by Gasteiger charge is -2.75. The average molecular weight is 289 g/mol. The Balaban J connectivity index is 1.71. The van der Waals surface area contributed by atoms with Gasteiger partial charge >= 0.3 is 6.18 Å². The molecule has 4 aliphatic rings. The molecule has 4 rings (SSSR count). The van der Waals surface area contributed by atoms with E-state index in [4.69, 9.17) is 0 Å². The highest BCUT2D eigenvalue weighted by Crippen LogP contribution is 2.80. The Morgan fingerprint density at radius 3 is 2.35 bits per heavy atom. The summed E-state index contributed by atoms with van der Waals surface area (Å²) >= 11 is 0. The summed E-state index contributed by atoms with van der Waals surface area (Å²) in [6.45, 7) is 8.10. The minimum Gasteiger partial charge on any atom is -0.657 e. The van der Waals surface area contributed by atoms with Crippen molar-refractivity contribution in [2.45, 2.75) is 70.8 Å². The van der Waals surface area contributed by atoms with Crippen LogP contribution in [-0.4, -0.2) is 42.3 Å². The first-order valence-electron chi connectivity index (χ1n) is 7.72. The van der Waals surface area contributed by atoms with Crippen LogP contribution in [0.5, 0.6) is 0 Å². The lowest BCUT2D eigenvalue weighted by molar-refractivity contribution is -0.376. The fourth-order valence-electron chi connectivity index (χ4n) is 4.95. The van der Waals surface area contributed by atoms with Gasteiger partial charge in [0.25, 0.3) is 0 Å². The lowest BCUT2D eigenvalue weighted by Crippen LogP contribution is -2.75. The van der Waals surface area contributed by atoms with Gasteiger partial charge in [0, 0.05) is 6.04 Å². The van der Waals surface area contributed by atoms with Crippen LogP contribution in [-0.2, 0) is 0 Å². The van der Waals surface area contributed by atoms with Crippen molar-refractivity contribution in [3.63, 3.8) is 0 Å². The number of nitrogens with zero attached hydrogens (tertiary/aromatic N) is 2. The zero-order chi connectivity index (χ0) is 14.8. The Kier molecular flexibility index (Phi) is 3.19. The Morgan fingerprint density at radius 2 is 1.85 bits per heavy atom. The van der Waals surface area contributed by atoms with Crippen molar-refractivity contribution in [2.24, 2.45) is 10.8 Å². The van der Waals surface area contributed by atoms with Crippen LogP contribution in [0.4, 0.5) is 13.2 Å². The van der Waals surface area contributed by atoms with Crippen molar-refractivity contribution in [3.8, 4) is 0 Å². The maximum Gasteiger partial charge on any atom is 0.394 e. The molecular weight excluding hydrogens is 265 g/mol. The third-order valence-corrected chi connectivity index (χ3v) is 5.89. The summed E-state index contributed by atoms with van der Waals surface area (Å²) in [6.07, 6.45) is -1.97. The van der Waals surface area contributed by atoms with Gasteiger partial charge < -0.3 is 10.2 Å². The number of piperazine rings is 1. The molecule has 5 heteroatoms. The van der Waals surface area contributed by atoms with Crippen LogP contribution < -0.4 is 0 Å². The molecule has 0 amide bonds. The smallest absolute Gasteiger partial charge is 0.394 e. The molecule has 3 saturated carbocycles. The van der Waals surface area contributed by atoms with Crippen molar-refractivity contribution in [2.75, 3.05) is 13.1 Å². The first-order chi connectivity index (χ1) is 9.23. The fourth-order valence-corrected chi connectivity index (χ4v) is 4.95. The first kappa shape index (κ1) is 14.6. The summed E-state index contributed by atoms with van der Waals surface area (Å²) in [5.41, 5.74) is -1.38. The Bertz CT molecular complexity index is 373. The van der Waals surface area contributed by atoms with Crippen molar-refractivity contribution in [1.29, 1.82) is 0 Å². The van der Waals surface area contributed by atoms with Crippen LogP contribution in [0.2, 0.25) is 0 Å². The zero-order valence-corrected chi connectivity index (χ0v) is 12.5. The molecule has 1 saturated heterocycles. The molecule has 0 spiro atoms. The van der Waals surface area contributed by atoms with Gasteiger partial charge in [-0.1, -0.05) is 20.8 Å². The summed E-state index contributed by atoms with van der Waals surface area (Å²) in [4.78, 5) is 2.44. The minimum absolute atomic E-state index is 0.0599. The van der Waals surface area contributed by atoms with Crippen LogP contribution >= 0.6 is 0 Å². The van der Waals surface area contributed by atoms with E-state index in [1.54, 1.807) is 0 Å². The standard InChI is InChI=1S/C15H24F3N2/c1-4-12(20-6-10(2)19-5-11(20)3)13-7-14(8-13,9-13)15(16,17)18/h10-12H,4-9H2,1-3H3/q-1/t10-,11+,12?,13?,14?/m0/s1. The summed E-state index contributed by atoms with van der Waals surface area (Å²) in [5, 5.41) is 4.55. The average Bonchev–Trinajstić information content (AvgIpc) is 2.23. The third kappa shape index (κ3) is 1.85. The van der Waals surface area contributed by atoms with Crippen molar-refractivity contribution in [3.05, 3.63) is 5.32 Å². The number of halogens is 3. The molecule has 0 aromatic carbocycles. The largest absolute Gasteiger partial charge is 0.657 e. The molecule has 1 heterocycles. The Hall–Kier alpha value is -0.290. The van der Waals surface area contributed by atoms with Gasteiger partial charge in [-0.25, -0.2) is 0 Å². The zero-order valence-electron chi connectivity index (χ0n) is 12.5. The molecule has 0 radical (unpaired) electrons. The predicted molar refractivity (Wildman–Crippen MR) is 72.7 cm³/mol. The second kappa shape index (κ2) is 4.35. The van der Waals surface area contributed by atoms with Gasteiger partial charge in [-0.05, 0) is 43.7 Å². The van der Waals surface area contributed by atoms with Crippen molar-refractivity contribution in [1.82, 2.24) is 4.90 Å². The normalized spacial score (nSPS) is 46.5. The number of hydrogen-bond donors (Lipinski definition) is 0. The van der Waals surface area contributed by atoms with Crippen LogP contribution in [0, 0.1) is 10.8 Å². The first-order valence-corrected chi connectivity index (χ1v) is 7.72. The maximum absolute atomic E-state index is 13.0. The monoisotopic (exact) mass is 289 g/mol. The molecule has 1 unspecified atom stereocenters. The van der Waals surface area contributed by atoms with Crippen LogP contribution in [0.1, 0.15) is 46.5 Å². The number of hydrogen-bond acceptors (Lipinski definition) is 1. The molecule has 3 atom stereocenters. The highest BCUT2D eigenvalue weighted by atomic mass is 19.4. The van der Waals surface area contributed by atoms with Gasteiger partial charge in [0.15, 0.2) is 0 Å². The predicted octanol–water partition coefficient (Wildman–Crippen LogP) is 3.96. The molecular formula is C15H24F3N2-. The van der Waals surface area contributed by atoms with E-state index in [1.807, 2.05) is 0 Å². The van der Waals surface area contributed by atoms with Gasteiger partial charge in [-0.15, -0.1) is 12.6 Å². The van der Waals surface area contributed by atoms with E-state index < -0.39 is 11.6 Å². The van der Waals surface area contributed by atoms with E-state index in [-0.39, 0.29) is 5.41 Å². The van der Waals surface area contributed by atoms with Crippen LogP contribution in [0.15, 0.2) is 0 Å².